The van der Waals surface area contributed by atoms with Crippen molar-refractivity contribution < 1.29 is 28.1 Å². The first kappa shape index (κ1) is 20.2. The molecule has 2 aromatic carbocycles. The highest BCUT2D eigenvalue weighted by Crippen LogP contribution is 2.27. The highest BCUT2D eigenvalue weighted by molar-refractivity contribution is 5.94. The molecule has 0 aromatic heterocycles. The van der Waals surface area contributed by atoms with Crippen molar-refractivity contribution in [3.05, 3.63) is 63.7 Å². The monoisotopic (exact) mass is 380 g/mol. The molecule has 0 bridgehead atoms. The van der Waals surface area contributed by atoms with Gasteiger partial charge in [0, 0.05) is 11.6 Å². The van der Waals surface area contributed by atoms with Gasteiger partial charge in [-0.1, -0.05) is 12.1 Å². The molecule has 0 radical (unpaired) electrons. The molecule has 0 fully saturated rings. The highest BCUT2D eigenvalue weighted by atomic mass is 19.3. The second kappa shape index (κ2) is 9.04. The van der Waals surface area contributed by atoms with Crippen LogP contribution in [0.4, 0.5) is 20.2 Å². The van der Waals surface area contributed by atoms with Gasteiger partial charge in [0.2, 0.25) is 0 Å². The maximum atomic E-state index is 12.3. The minimum Gasteiger partial charge on any atom is -0.435 e. The maximum absolute atomic E-state index is 12.3. The van der Waals surface area contributed by atoms with Crippen molar-refractivity contribution in [2.45, 2.75) is 20.1 Å². The lowest BCUT2D eigenvalue weighted by atomic mass is 10.1. The summed E-state index contributed by atoms with van der Waals surface area (Å²) < 4.78 is 28.6. The van der Waals surface area contributed by atoms with Crippen molar-refractivity contribution in [1.82, 2.24) is 0 Å². The number of nitro groups is 1. The molecule has 1 atom stereocenters. The zero-order valence-electron chi connectivity index (χ0n) is 14.9. The molecule has 0 saturated heterocycles. The van der Waals surface area contributed by atoms with Gasteiger partial charge in [-0.3, -0.25) is 14.9 Å². The summed E-state index contributed by atoms with van der Waals surface area (Å²) in [4.78, 5) is 23.6. The van der Waals surface area contributed by atoms with Gasteiger partial charge in [-0.15, -0.1) is 0 Å². The molecule has 0 aliphatic heterocycles. The van der Waals surface area contributed by atoms with E-state index in [2.05, 4.69) is 10.1 Å². The fourth-order valence-corrected chi connectivity index (χ4v) is 2.62. The molecule has 2 rings (SSSR count). The molecule has 2 N–H and O–H groups in total. The third-order valence-electron chi connectivity index (χ3n) is 3.83. The Kier molecular flexibility index (Phi) is 6.78. The largest absolute Gasteiger partial charge is 0.435 e. The number of carbonyl (C=O) groups is 1. The van der Waals surface area contributed by atoms with Gasteiger partial charge in [-0.2, -0.15) is 8.78 Å². The lowest BCUT2D eigenvalue weighted by Crippen LogP contribution is -3.08. The van der Waals surface area contributed by atoms with Crippen LogP contribution in [-0.4, -0.2) is 31.0 Å². The molecule has 0 aliphatic carbocycles. The van der Waals surface area contributed by atoms with Gasteiger partial charge in [-0.05, 0) is 36.8 Å². The number of benzene rings is 2. The number of amides is 1. The number of aryl methyl sites for hydroxylation is 1. The van der Waals surface area contributed by atoms with Gasteiger partial charge < -0.3 is 15.0 Å². The summed E-state index contributed by atoms with van der Waals surface area (Å²) in [6, 6.07) is 10.7. The normalized spacial score (nSPS) is 11.9. The van der Waals surface area contributed by atoms with E-state index in [1.165, 1.54) is 18.2 Å². The average Bonchev–Trinajstić information content (AvgIpc) is 2.57. The van der Waals surface area contributed by atoms with Crippen LogP contribution < -0.4 is 15.0 Å². The minimum absolute atomic E-state index is 0.0657. The van der Waals surface area contributed by atoms with E-state index < -0.39 is 11.5 Å². The molecule has 27 heavy (non-hydrogen) atoms. The van der Waals surface area contributed by atoms with Gasteiger partial charge >= 0.3 is 6.61 Å². The SMILES string of the molecule is Cc1cccc([N+](=O)[O-])c1NC(=O)C[NH+](C)Cc1ccc(OC(F)F)cc1. The first-order valence-electron chi connectivity index (χ1n) is 8.15. The Bertz CT molecular complexity index is 813. The minimum atomic E-state index is -2.88. The topological polar surface area (TPSA) is 85.9 Å². The van der Waals surface area contributed by atoms with Crippen LogP contribution in [0.3, 0.4) is 0 Å². The molecule has 2 aromatic rings. The summed E-state index contributed by atoms with van der Waals surface area (Å²) in [5.74, 6) is -0.293. The molecule has 0 saturated carbocycles. The maximum Gasteiger partial charge on any atom is 0.387 e. The number of nitrogens with one attached hydrogen (secondary N) is 2. The number of nitro benzene ring substituents is 1. The fraction of sp³-hybridized carbons (Fsp3) is 0.278. The van der Waals surface area contributed by atoms with E-state index in [1.807, 2.05) is 0 Å². The lowest BCUT2D eigenvalue weighted by molar-refractivity contribution is -0.885. The van der Waals surface area contributed by atoms with E-state index in [0.717, 1.165) is 10.5 Å². The molecule has 0 spiro atoms. The Hall–Kier alpha value is -3.07. The lowest BCUT2D eigenvalue weighted by Gasteiger charge is -2.15. The van der Waals surface area contributed by atoms with Gasteiger partial charge in [0.1, 0.15) is 18.0 Å². The number of carbonyl (C=O) groups excluding carboxylic acids is 1. The molecule has 1 unspecified atom stereocenters. The molecule has 144 valence electrons. The van der Waals surface area contributed by atoms with Crippen molar-refractivity contribution in [3.8, 4) is 5.75 Å². The number of rotatable bonds is 8. The summed E-state index contributed by atoms with van der Waals surface area (Å²) in [6.45, 7) is -0.639. The Balaban J connectivity index is 1.95. The van der Waals surface area contributed by atoms with Crippen LogP contribution in [0.25, 0.3) is 0 Å². The van der Waals surface area contributed by atoms with Crippen molar-refractivity contribution >= 4 is 17.3 Å². The van der Waals surface area contributed by atoms with Gasteiger partial charge in [0.25, 0.3) is 11.6 Å². The molecule has 7 nitrogen and oxygen atoms in total. The molecule has 9 heteroatoms. The van der Waals surface area contributed by atoms with Gasteiger partial charge in [0.15, 0.2) is 6.54 Å². The zero-order valence-corrected chi connectivity index (χ0v) is 14.9. The number of quaternary nitrogens is 1. The van der Waals surface area contributed by atoms with Crippen molar-refractivity contribution in [2.24, 2.45) is 0 Å². The van der Waals surface area contributed by atoms with Crippen molar-refractivity contribution in [3.63, 3.8) is 0 Å². The third kappa shape index (κ3) is 6.00. The second-order valence-corrected chi connectivity index (χ2v) is 6.11. The summed E-state index contributed by atoms with van der Waals surface area (Å²) >= 11 is 0. The van der Waals surface area contributed by atoms with Gasteiger partial charge in [-0.25, -0.2) is 0 Å². The van der Waals surface area contributed by atoms with Crippen molar-refractivity contribution in [1.29, 1.82) is 0 Å². The third-order valence-corrected chi connectivity index (χ3v) is 3.83. The predicted molar refractivity (Wildman–Crippen MR) is 95.0 cm³/mol. The molecular weight excluding hydrogens is 360 g/mol. The van der Waals surface area contributed by atoms with Crippen LogP contribution in [0.2, 0.25) is 0 Å². The van der Waals surface area contributed by atoms with E-state index in [0.29, 0.717) is 12.1 Å². The van der Waals surface area contributed by atoms with E-state index in [1.54, 1.807) is 38.2 Å². The fourth-order valence-electron chi connectivity index (χ4n) is 2.62. The van der Waals surface area contributed by atoms with Crippen molar-refractivity contribution in [2.75, 3.05) is 18.9 Å². The van der Waals surface area contributed by atoms with Crippen LogP contribution in [0.1, 0.15) is 11.1 Å². The Labute approximate surface area is 154 Å². The number of para-hydroxylation sites is 1. The zero-order chi connectivity index (χ0) is 20.0. The van der Waals surface area contributed by atoms with E-state index >= 15 is 0 Å². The first-order valence-corrected chi connectivity index (χ1v) is 8.15. The molecule has 0 heterocycles. The van der Waals surface area contributed by atoms with Crippen LogP contribution >= 0.6 is 0 Å². The van der Waals surface area contributed by atoms with Gasteiger partial charge in [0.05, 0.1) is 12.0 Å². The summed E-state index contributed by atoms with van der Waals surface area (Å²) in [6.07, 6.45) is 0. The quantitative estimate of drug-likeness (QED) is 0.543. The standard InChI is InChI=1S/C18H19F2N3O4/c1-12-4-3-5-15(23(25)26)17(12)21-16(24)11-22(2)10-13-6-8-14(9-7-13)27-18(19)20/h3-9,18H,10-11H2,1-2H3,(H,21,24)/p+1. The summed E-state index contributed by atoms with van der Waals surface area (Å²) in [5, 5.41) is 13.7. The number of hydrogen-bond acceptors (Lipinski definition) is 4. The summed E-state index contributed by atoms with van der Waals surface area (Å²) in [5.41, 5.74) is 1.47. The van der Waals surface area contributed by atoms with E-state index in [-0.39, 0.29) is 29.6 Å². The number of halogens is 2. The number of nitrogens with zero attached hydrogens (tertiary/aromatic N) is 1. The van der Waals surface area contributed by atoms with E-state index in [4.69, 9.17) is 0 Å². The molecular formula is C18H20F2N3O4+. The van der Waals surface area contributed by atoms with Crippen LogP contribution in [0, 0.1) is 17.0 Å². The first-order chi connectivity index (χ1) is 12.8. The molecule has 1 amide bonds. The second-order valence-electron chi connectivity index (χ2n) is 6.11. The smallest absolute Gasteiger partial charge is 0.387 e. The average molecular weight is 380 g/mol. The van der Waals surface area contributed by atoms with Crippen LogP contribution in [0.5, 0.6) is 5.75 Å². The Morgan fingerprint density at radius 2 is 1.93 bits per heavy atom. The summed E-state index contributed by atoms with van der Waals surface area (Å²) in [7, 11) is 1.79. The number of hydrogen-bond donors (Lipinski definition) is 2. The number of alkyl halides is 2. The van der Waals surface area contributed by atoms with Crippen LogP contribution in [-0.2, 0) is 11.3 Å². The van der Waals surface area contributed by atoms with E-state index in [9.17, 15) is 23.7 Å². The number of anilines is 1. The number of ether oxygens (including phenoxy) is 1. The predicted octanol–water partition coefficient (Wildman–Crippen LogP) is 2.16. The Morgan fingerprint density at radius 3 is 2.52 bits per heavy atom. The number of likely N-dealkylation sites (N-methyl/N-ethyl adjacent to an activating group) is 1. The highest BCUT2D eigenvalue weighted by Gasteiger charge is 2.19. The Morgan fingerprint density at radius 1 is 1.26 bits per heavy atom. The molecule has 0 aliphatic rings. The van der Waals surface area contributed by atoms with Crippen LogP contribution in [0.15, 0.2) is 42.5 Å².